The fourth-order valence-corrected chi connectivity index (χ4v) is 4.04. The van der Waals surface area contributed by atoms with Gasteiger partial charge in [0.25, 0.3) is 5.91 Å². The van der Waals surface area contributed by atoms with Crippen LogP contribution in [0.15, 0.2) is 61.3 Å². The number of amides is 1. The zero-order valence-electron chi connectivity index (χ0n) is 19.1. The zero-order valence-corrected chi connectivity index (χ0v) is 19.1. The summed E-state index contributed by atoms with van der Waals surface area (Å²) in [6, 6.07) is 11.5. The number of aryl methyl sites for hydroxylation is 1. The molecule has 0 saturated heterocycles. The summed E-state index contributed by atoms with van der Waals surface area (Å²) in [4.78, 5) is 30.1. The molecule has 1 atom stereocenters. The summed E-state index contributed by atoms with van der Waals surface area (Å²) in [6.07, 6.45) is 6.92. The Balaban J connectivity index is 1.37. The number of hydrogen-bond acceptors (Lipinski definition) is 7. The average Bonchev–Trinajstić information content (AvgIpc) is 3.25. The number of nitrogens with one attached hydrogen (secondary N) is 2. The number of aromatic nitrogens is 6. The van der Waals surface area contributed by atoms with Crippen molar-refractivity contribution in [3.8, 4) is 11.3 Å². The number of hydrogen-bond donors (Lipinski definition) is 2. The summed E-state index contributed by atoms with van der Waals surface area (Å²) in [5, 5.41) is 11.4. The minimum absolute atomic E-state index is 0.123. The Bertz CT molecular complexity index is 1510. The average molecular weight is 453 g/mol. The topological polar surface area (TPSA) is 110 Å². The molecule has 4 aromatic heterocycles. The lowest BCUT2D eigenvalue weighted by molar-refractivity contribution is 0.0964. The predicted molar refractivity (Wildman–Crippen MR) is 131 cm³/mol. The number of pyridine rings is 1. The van der Waals surface area contributed by atoms with Crippen LogP contribution in [0.2, 0.25) is 0 Å². The molecule has 4 heterocycles. The van der Waals surface area contributed by atoms with E-state index in [2.05, 4.69) is 42.6 Å². The van der Waals surface area contributed by atoms with Gasteiger partial charge in [0, 0.05) is 61.2 Å². The van der Waals surface area contributed by atoms with Crippen LogP contribution in [-0.4, -0.2) is 49.0 Å². The van der Waals surface area contributed by atoms with E-state index in [1.807, 2.05) is 43.5 Å². The molecule has 2 N–H and O–H groups in total. The first kappa shape index (κ1) is 21.4. The molecule has 170 valence electrons. The van der Waals surface area contributed by atoms with E-state index in [1.54, 1.807) is 30.0 Å². The minimum Gasteiger partial charge on any atom is -0.369 e. The maximum atomic E-state index is 12.3. The third kappa shape index (κ3) is 4.03. The fourth-order valence-electron chi connectivity index (χ4n) is 4.04. The van der Waals surface area contributed by atoms with Crippen LogP contribution < -0.4 is 10.6 Å². The van der Waals surface area contributed by atoms with E-state index in [-0.39, 0.29) is 11.8 Å². The highest BCUT2D eigenvalue weighted by Crippen LogP contribution is 2.27. The molecule has 1 unspecified atom stereocenters. The van der Waals surface area contributed by atoms with E-state index in [9.17, 15) is 4.79 Å². The first-order chi connectivity index (χ1) is 16.5. The second-order valence-electron chi connectivity index (χ2n) is 8.18. The number of nitrogens with zero attached hydrogens (tertiary/aromatic N) is 6. The van der Waals surface area contributed by atoms with Crippen molar-refractivity contribution in [3.63, 3.8) is 0 Å². The SMILES string of the molecule is CNC(=O)c1ccnc2c(C(C)CNc3cc(-c4cnc5cc(C)nn5c4)ncn3)cccc12. The fraction of sp³-hybridized carbons (Fsp3) is 0.200. The van der Waals surface area contributed by atoms with Gasteiger partial charge in [-0.05, 0) is 18.6 Å². The largest absolute Gasteiger partial charge is 0.369 e. The number of carbonyl (C=O) groups is 1. The number of para-hydroxylation sites is 1. The molecule has 0 radical (unpaired) electrons. The summed E-state index contributed by atoms with van der Waals surface area (Å²) < 4.78 is 1.75. The predicted octanol–water partition coefficient (Wildman–Crippen LogP) is 3.62. The van der Waals surface area contributed by atoms with Crippen LogP contribution in [0.1, 0.15) is 34.5 Å². The van der Waals surface area contributed by atoms with Gasteiger partial charge in [-0.1, -0.05) is 25.1 Å². The van der Waals surface area contributed by atoms with Crippen LogP contribution in [-0.2, 0) is 0 Å². The van der Waals surface area contributed by atoms with Gasteiger partial charge in [0.05, 0.1) is 22.5 Å². The van der Waals surface area contributed by atoms with Crippen LogP contribution in [0.25, 0.3) is 27.8 Å². The smallest absolute Gasteiger partial charge is 0.251 e. The van der Waals surface area contributed by atoms with Crippen LogP contribution >= 0.6 is 0 Å². The molecule has 0 spiro atoms. The molecule has 0 bridgehead atoms. The lowest BCUT2D eigenvalue weighted by Gasteiger charge is -2.16. The van der Waals surface area contributed by atoms with Crippen molar-refractivity contribution in [2.75, 3.05) is 18.9 Å². The minimum atomic E-state index is -0.123. The van der Waals surface area contributed by atoms with E-state index < -0.39 is 0 Å². The van der Waals surface area contributed by atoms with Crippen molar-refractivity contribution in [1.82, 2.24) is 34.9 Å². The van der Waals surface area contributed by atoms with Gasteiger partial charge in [-0.2, -0.15) is 5.10 Å². The van der Waals surface area contributed by atoms with E-state index in [1.165, 1.54) is 6.33 Å². The Morgan fingerprint density at radius 1 is 1.12 bits per heavy atom. The van der Waals surface area contributed by atoms with Gasteiger partial charge in [-0.25, -0.2) is 19.5 Å². The van der Waals surface area contributed by atoms with Gasteiger partial charge < -0.3 is 10.6 Å². The Morgan fingerprint density at radius 2 is 2.00 bits per heavy atom. The Morgan fingerprint density at radius 3 is 2.85 bits per heavy atom. The van der Waals surface area contributed by atoms with Crippen molar-refractivity contribution in [1.29, 1.82) is 0 Å². The summed E-state index contributed by atoms with van der Waals surface area (Å²) in [5.74, 6) is 0.717. The molecule has 0 fully saturated rings. The standard InChI is InChI=1S/C25H24N8O/c1-15(18-5-4-6-19-20(25(34)26-3)7-8-27-24(18)19)11-28-22-10-21(30-14-31-22)17-12-29-23-9-16(2)32-33(23)13-17/h4-10,12-15H,11H2,1-3H3,(H,26,34)(H,28,30,31). The molecular weight excluding hydrogens is 428 g/mol. The lowest BCUT2D eigenvalue weighted by atomic mass is 9.96. The van der Waals surface area contributed by atoms with Crippen LogP contribution in [0.3, 0.4) is 0 Å². The highest BCUT2D eigenvalue weighted by atomic mass is 16.1. The third-order valence-corrected chi connectivity index (χ3v) is 5.79. The Labute approximate surface area is 196 Å². The molecule has 0 aliphatic heterocycles. The van der Waals surface area contributed by atoms with Gasteiger partial charge in [-0.15, -0.1) is 0 Å². The van der Waals surface area contributed by atoms with E-state index in [0.717, 1.165) is 39.1 Å². The molecule has 1 amide bonds. The van der Waals surface area contributed by atoms with Crippen molar-refractivity contribution < 1.29 is 4.79 Å². The number of anilines is 1. The number of fused-ring (bicyclic) bond motifs is 2. The van der Waals surface area contributed by atoms with Crippen molar-refractivity contribution >= 4 is 28.3 Å². The first-order valence-electron chi connectivity index (χ1n) is 11.0. The second kappa shape index (κ2) is 8.86. The highest BCUT2D eigenvalue weighted by molar-refractivity contribution is 6.06. The normalized spacial score (nSPS) is 12.1. The Kier molecular flexibility index (Phi) is 5.59. The summed E-state index contributed by atoms with van der Waals surface area (Å²) in [7, 11) is 1.63. The van der Waals surface area contributed by atoms with Gasteiger partial charge >= 0.3 is 0 Å². The summed E-state index contributed by atoms with van der Waals surface area (Å²) in [5.41, 5.74) is 5.83. The van der Waals surface area contributed by atoms with Crippen LogP contribution in [0.4, 0.5) is 5.82 Å². The van der Waals surface area contributed by atoms with E-state index in [0.29, 0.717) is 17.9 Å². The van der Waals surface area contributed by atoms with Crippen molar-refractivity contribution in [2.24, 2.45) is 0 Å². The summed E-state index contributed by atoms with van der Waals surface area (Å²) >= 11 is 0. The zero-order chi connectivity index (χ0) is 23.7. The van der Waals surface area contributed by atoms with Gasteiger partial charge in [0.1, 0.15) is 12.1 Å². The molecular formula is C25H24N8O. The van der Waals surface area contributed by atoms with Crippen LogP contribution in [0, 0.1) is 6.92 Å². The third-order valence-electron chi connectivity index (χ3n) is 5.79. The number of rotatable bonds is 6. The number of benzene rings is 1. The molecule has 34 heavy (non-hydrogen) atoms. The first-order valence-corrected chi connectivity index (χ1v) is 11.0. The lowest BCUT2D eigenvalue weighted by Crippen LogP contribution is -2.18. The highest BCUT2D eigenvalue weighted by Gasteiger charge is 2.15. The van der Waals surface area contributed by atoms with Crippen LogP contribution in [0.5, 0.6) is 0 Å². The molecule has 5 aromatic rings. The molecule has 0 aliphatic rings. The molecule has 1 aromatic carbocycles. The van der Waals surface area contributed by atoms with Gasteiger partial charge in [0.2, 0.25) is 0 Å². The van der Waals surface area contributed by atoms with E-state index >= 15 is 0 Å². The monoisotopic (exact) mass is 452 g/mol. The van der Waals surface area contributed by atoms with Crippen molar-refractivity contribution in [3.05, 3.63) is 78.1 Å². The summed E-state index contributed by atoms with van der Waals surface area (Å²) in [6.45, 7) is 4.69. The molecule has 5 rings (SSSR count). The van der Waals surface area contributed by atoms with Crippen molar-refractivity contribution in [2.45, 2.75) is 19.8 Å². The number of carbonyl (C=O) groups excluding carboxylic acids is 1. The molecule has 0 aliphatic carbocycles. The quantitative estimate of drug-likeness (QED) is 0.405. The molecule has 9 nitrogen and oxygen atoms in total. The molecule has 0 saturated carbocycles. The van der Waals surface area contributed by atoms with Gasteiger partial charge in [0.15, 0.2) is 5.65 Å². The van der Waals surface area contributed by atoms with E-state index in [4.69, 9.17) is 0 Å². The Hall–Kier alpha value is -4.40. The van der Waals surface area contributed by atoms with Gasteiger partial charge in [-0.3, -0.25) is 9.78 Å². The molecule has 9 heteroatoms. The second-order valence-corrected chi connectivity index (χ2v) is 8.18. The maximum absolute atomic E-state index is 12.3. The maximum Gasteiger partial charge on any atom is 0.251 e.